The molecule has 2 aromatic rings. The highest BCUT2D eigenvalue weighted by Crippen LogP contribution is 2.51. The largest absolute Gasteiger partial charge is 0.465 e. The lowest BCUT2D eigenvalue weighted by Gasteiger charge is -2.39. The molecular formula is C21H20N2O4. The standard InChI is InChI=1S/C21H20N2O4/c1-12-6-11-17(21(24)27-2)18-15-4-3-5-16(15)20(22-19(12)18)13-7-9-14(10-8-13)23(25)26/h3-4,6-11,15-16,20,22H,5H2,1-2H3/t15-,16+,20+/m1/s1. The van der Waals surface area contributed by atoms with Crippen molar-refractivity contribution in [2.75, 3.05) is 12.4 Å². The Balaban J connectivity index is 1.80. The average molecular weight is 364 g/mol. The van der Waals surface area contributed by atoms with E-state index in [9.17, 15) is 14.9 Å². The predicted octanol–water partition coefficient (Wildman–Crippen LogP) is 4.52. The number of fused-ring (bicyclic) bond motifs is 3. The molecule has 27 heavy (non-hydrogen) atoms. The van der Waals surface area contributed by atoms with Crippen molar-refractivity contribution in [1.82, 2.24) is 0 Å². The van der Waals surface area contributed by atoms with Gasteiger partial charge in [-0.1, -0.05) is 30.4 Å². The number of carbonyl (C=O) groups is 1. The Morgan fingerprint density at radius 2 is 1.96 bits per heavy atom. The number of allylic oxidation sites excluding steroid dienone is 2. The van der Waals surface area contributed by atoms with Crippen LogP contribution < -0.4 is 5.32 Å². The van der Waals surface area contributed by atoms with Gasteiger partial charge in [0.2, 0.25) is 0 Å². The second-order valence-electron chi connectivity index (χ2n) is 7.03. The number of aryl methyl sites for hydroxylation is 1. The van der Waals surface area contributed by atoms with Crippen molar-refractivity contribution in [2.45, 2.75) is 25.3 Å². The van der Waals surface area contributed by atoms with Crippen molar-refractivity contribution >= 4 is 17.3 Å². The van der Waals surface area contributed by atoms with Crippen molar-refractivity contribution in [3.8, 4) is 0 Å². The number of benzene rings is 2. The fraction of sp³-hybridized carbons (Fsp3) is 0.286. The van der Waals surface area contributed by atoms with Gasteiger partial charge in [0, 0.05) is 23.7 Å². The summed E-state index contributed by atoms with van der Waals surface area (Å²) in [5.41, 5.74) is 4.68. The monoisotopic (exact) mass is 364 g/mol. The minimum absolute atomic E-state index is 0.0184. The van der Waals surface area contributed by atoms with Gasteiger partial charge < -0.3 is 10.1 Å². The molecule has 0 unspecified atom stereocenters. The number of nitrogens with zero attached hydrogens (tertiary/aromatic N) is 1. The van der Waals surface area contributed by atoms with Gasteiger partial charge in [-0.3, -0.25) is 10.1 Å². The van der Waals surface area contributed by atoms with E-state index in [-0.39, 0.29) is 34.5 Å². The van der Waals surface area contributed by atoms with E-state index in [0.29, 0.717) is 5.56 Å². The molecule has 3 atom stereocenters. The van der Waals surface area contributed by atoms with Crippen LogP contribution in [0.5, 0.6) is 0 Å². The predicted molar refractivity (Wildman–Crippen MR) is 102 cm³/mol. The molecule has 2 aliphatic rings. The first-order chi connectivity index (χ1) is 13.0. The maximum Gasteiger partial charge on any atom is 0.338 e. The van der Waals surface area contributed by atoms with E-state index in [1.807, 2.05) is 31.2 Å². The van der Waals surface area contributed by atoms with Gasteiger partial charge in [0.1, 0.15) is 0 Å². The number of carbonyl (C=O) groups excluding carboxylic acids is 1. The van der Waals surface area contributed by atoms with Crippen LogP contribution in [0.1, 0.15) is 45.4 Å². The molecule has 0 spiro atoms. The van der Waals surface area contributed by atoms with Crippen LogP contribution in [0.2, 0.25) is 0 Å². The summed E-state index contributed by atoms with van der Waals surface area (Å²) in [5.74, 6) is 0.0143. The number of non-ortho nitro benzene ring substituents is 1. The van der Waals surface area contributed by atoms with Gasteiger partial charge >= 0.3 is 5.97 Å². The second kappa shape index (κ2) is 6.54. The molecule has 4 rings (SSSR count). The zero-order valence-electron chi connectivity index (χ0n) is 15.1. The molecule has 0 saturated carbocycles. The molecule has 1 N–H and O–H groups in total. The van der Waals surface area contributed by atoms with E-state index in [1.54, 1.807) is 12.1 Å². The zero-order chi connectivity index (χ0) is 19.1. The highest BCUT2D eigenvalue weighted by atomic mass is 16.6. The molecule has 6 heteroatoms. The third kappa shape index (κ3) is 2.77. The Hall–Kier alpha value is -3.15. The van der Waals surface area contributed by atoms with Gasteiger partial charge in [0.15, 0.2) is 0 Å². The van der Waals surface area contributed by atoms with Crippen molar-refractivity contribution in [3.63, 3.8) is 0 Å². The summed E-state index contributed by atoms with van der Waals surface area (Å²) in [5, 5.41) is 14.5. The first-order valence-corrected chi connectivity index (χ1v) is 8.90. The Kier molecular flexibility index (Phi) is 4.18. The number of esters is 1. The summed E-state index contributed by atoms with van der Waals surface area (Å²) in [6, 6.07) is 10.5. The van der Waals surface area contributed by atoms with E-state index in [1.165, 1.54) is 7.11 Å². The number of nitro benzene ring substituents is 1. The minimum atomic E-state index is -0.389. The molecule has 6 nitrogen and oxygen atoms in total. The smallest absolute Gasteiger partial charge is 0.338 e. The zero-order valence-corrected chi connectivity index (χ0v) is 15.1. The van der Waals surface area contributed by atoms with Crippen LogP contribution in [0, 0.1) is 23.0 Å². The quantitative estimate of drug-likeness (QED) is 0.375. The molecule has 0 aromatic heterocycles. The fourth-order valence-electron chi connectivity index (χ4n) is 4.28. The summed E-state index contributed by atoms with van der Waals surface area (Å²) < 4.78 is 4.98. The summed E-state index contributed by atoms with van der Waals surface area (Å²) in [6.07, 6.45) is 5.19. The Morgan fingerprint density at radius 1 is 1.22 bits per heavy atom. The number of nitro groups is 1. The number of methoxy groups -OCH3 is 1. The van der Waals surface area contributed by atoms with Gasteiger partial charge in [-0.25, -0.2) is 4.79 Å². The van der Waals surface area contributed by atoms with Gasteiger partial charge in [-0.05, 0) is 42.0 Å². The fourth-order valence-corrected chi connectivity index (χ4v) is 4.28. The van der Waals surface area contributed by atoms with Crippen LogP contribution in [0.4, 0.5) is 11.4 Å². The number of rotatable bonds is 3. The van der Waals surface area contributed by atoms with Gasteiger partial charge in [0.05, 0.1) is 23.6 Å². The molecule has 0 radical (unpaired) electrons. The highest BCUT2D eigenvalue weighted by Gasteiger charge is 2.40. The maximum absolute atomic E-state index is 12.3. The lowest BCUT2D eigenvalue weighted by Crippen LogP contribution is -2.31. The van der Waals surface area contributed by atoms with Crippen LogP contribution in [-0.2, 0) is 4.74 Å². The molecule has 0 amide bonds. The summed E-state index contributed by atoms with van der Waals surface area (Å²) in [6.45, 7) is 2.01. The molecular weight excluding hydrogens is 344 g/mol. The third-order valence-electron chi connectivity index (χ3n) is 5.60. The molecule has 0 saturated heterocycles. The maximum atomic E-state index is 12.3. The number of hydrogen-bond donors (Lipinski definition) is 1. The topological polar surface area (TPSA) is 81.5 Å². The lowest BCUT2D eigenvalue weighted by atomic mass is 9.74. The normalized spacial score (nSPS) is 22.5. The summed E-state index contributed by atoms with van der Waals surface area (Å²) in [4.78, 5) is 22.9. The Bertz CT molecular complexity index is 949. The van der Waals surface area contributed by atoms with Gasteiger partial charge in [-0.2, -0.15) is 0 Å². The van der Waals surface area contributed by atoms with Crippen LogP contribution in [0.3, 0.4) is 0 Å². The van der Waals surface area contributed by atoms with E-state index in [0.717, 1.165) is 28.8 Å². The van der Waals surface area contributed by atoms with Crippen LogP contribution in [0.25, 0.3) is 0 Å². The van der Waals surface area contributed by atoms with Crippen molar-refractivity contribution in [2.24, 2.45) is 5.92 Å². The van der Waals surface area contributed by atoms with E-state index >= 15 is 0 Å². The van der Waals surface area contributed by atoms with Gasteiger partial charge in [0.25, 0.3) is 5.69 Å². The molecule has 1 aliphatic carbocycles. The SMILES string of the molecule is COC(=O)c1ccc(C)c2c1[C@@H]1C=CC[C@@H]1[C@H](c1ccc([N+](=O)[O-])cc1)N2. The Labute approximate surface area is 157 Å². The van der Waals surface area contributed by atoms with Crippen molar-refractivity contribution in [1.29, 1.82) is 0 Å². The second-order valence-corrected chi connectivity index (χ2v) is 7.03. The number of anilines is 1. The number of nitrogens with one attached hydrogen (secondary N) is 1. The molecule has 0 bridgehead atoms. The van der Waals surface area contributed by atoms with Gasteiger partial charge in [-0.15, -0.1) is 0 Å². The molecule has 1 aliphatic heterocycles. The van der Waals surface area contributed by atoms with Crippen molar-refractivity contribution in [3.05, 3.63) is 80.9 Å². The van der Waals surface area contributed by atoms with Crippen LogP contribution in [-0.4, -0.2) is 18.0 Å². The molecule has 1 heterocycles. The summed E-state index contributed by atoms with van der Waals surface area (Å²) >= 11 is 0. The third-order valence-corrected chi connectivity index (χ3v) is 5.60. The minimum Gasteiger partial charge on any atom is -0.465 e. The highest BCUT2D eigenvalue weighted by molar-refractivity contribution is 5.94. The van der Waals surface area contributed by atoms with Crippen LogP contribution in [0.15, 0.2) is 48.6 Å². The number of ether oxygens (including phenoxy) is 1. The molecule has 138 valence electrons. The van der Waals surface area contributed by atoms with E-state index in [4.69, 9.17) is 4.74 Å². The van der Waals surface area contributed by atoms with Crippen molar-refractivity contribution < 1.29 is 14.5 Å². The van der Waals surface area contributed by atoms with E-state index in [2.05, 4.69) is 17.5 Å². The molecule has 2 aromatic carbocycles. The number of hydrogen-bond acceptors (Lipinski definition) is 5. The average Bonchev–Trinajstić information content (AvgIpc) is 3.17. The van der Waals surface area contributed by atoms with E-state index < -0.39 is 0 Å². The lowest BCUT2D eigenvalue weighted by molar-refractivity contribution is -0.384. The first-order valence-electron chi connectivity index (χ1n) is 8.90. The molecule has 0 fully saturated rings. The first kappa shape index (κ1) is 17.3. The summed E-state index contributed by atoms with van der Waals surface area (Å²) in [7, 11) is 1.40. The Morgan fingerprint density at radius 3 is 2.63 bits per heavy atom. The van der Waals surface area contributed by atoms with Crippen LogP contribution >= 0.6 is 0 Å².